The van der Waals surface area contributed by atoms with Gasteiger partial charge in [-0.15, -0.1) is 0 Å². The van der Waals surface area contributed by atoms with Gasteiger partial charge in [0, 0.05) is 12.0 Å². The number of nitrogens with one attached hydrogen (secondary N) is 1. The molecule has 0 bridgehead atoms. The molecule has 1 aliphatic rings. The van der Waals surface area contributed by atoms with Crippen LogP contribution >= 0.6 is 11.3 Å². The van der Waals surface area contributed by atoms with Crippen molar-refractivity contribution in [1.29, 1.82) is 0 Å². The van der Waals surface area contributed by atoms with Crippen LogP contribution in [0.25, 0.3) is 0 Å². The Morgan fingerprint density at radius 2 is 1.81 bits per heavy atom. The number of hydrogen-bond donors (Lipinski definition) is 1. The molecule has 0 fully saturated rings. The number of ketones is 1. The molecule has 4 rings (SSSR count). The maximum atomic E-state index is 13.0. The van der Waals surface area contributed by atoms with Gasteiger partial charge in [-0.05, 0) is 42.2 Å². The molecular weight excluding hydrogens is 351 g/mol. The molecule has 6 heteroatoms. The Hall–Kier alpha value is -2.86. The molecule has 0 spiro atoms. The summed E-state index contributed by atoms with van der Waals surface area (Å²) in [5, 5.41) is 3.10. The summed E-state index contributed by atoms with van der Waals surface area (Å²) in [6.07, 6.45) is 1.12. The summed E-state index contributed by atoms with van der Waals surface area (Å²) in [6, 6.07) is 15.2. The molecule has 1 aromatic heterocycles. The van der Waals surface area contributed by atoms with Crippen LogP contribution in [0.5, 0.6) is 0 Å². The summed E-state index contributed by atoms with van der Waals surface area (Å²) in [7, 11) is 0. The van der Waals surface area contributed by atoms with Crippen LogP contribution < -0.4 is 5.32 Å². The molecule has 0 aliphatic heterocycles. The minimum Gasteiger partial charge on any atom is -0.298 e. The number of carbonyl (C=O) groups is 2. The van der Waals surface area contributed by atoms with Crippen LogP contribution in [0.2, 0.25) is 0 Å². The number of aromatic nitrogens is 1. The fourth-order valence-electron chi connectivity index (χ4n) is 3.11. The Kier molecular flexibility index (Phi) is 4.34. The molecule has 2 aromatic carbocycles. The van der Waals surface area contributed by atoms with E-state index in [1.165, 1.54) is 35.6 Å². The van der Waals surface area contributed by atoms with Gasteiger partial charge in [-0.3, -0.25) is 14.9 Å². The quantitative estimate of drug-likeness (QED) is 0.745. The Balaban J connectivity index is 1.54. The lowest BCUT2D eigenvalue weighted by Crippen LogP contribution is -2.17. The number of fused-ring (bicyclic) bond motifs is 1. The van der Waals surface area contributed by atoms with Crippen LogP contribution in [0.15, 0.2) is 54.6 Å². The third kappa shape index (κ3) is 3.28. The number of anilines is 1. The summed E-state index contributed by atoms with van der Waals surface area (Å²) < 4.78 is 13.0. The number of halogens is 1. The summed E-state index contributed by atoms with van der Waals surface area (Å²) in [4.78, 5) is 29.8. The lowest BCUT2D eigenvalue weighted by Gasteiger charge is -2.20. The van der Waals surface area contributed by atoms with E-state index in [1.807, 2.05) is 30.3 Å². The number of carbonyl (C=O) groups excluding carboxylic acids is 2. The van der Waals surface area contributed by atoms with E-state index in [2.05, 4.69) is 10.3 Å². The van der Waals surface area contributed by atoms with E-state index in [9.17, 15) is 14.0 Å². The van der Waals surface area contributed by atoms with Crippen molar-refractivity contribution in [1.82, 2.24) is 4.98 Å². The molecular formula is C20H15FN2O2S. The van der Waals surface area contributed by atoms with E-state index >= 15 is 0 Å². The number of thiazole rings is 1. The Morgan fingerprint density at radius 1 is 1.08 bits per heavy atom. The molecule has 0 unspecified atom stereocenters. The highest BCUT2D eigenvalue weighted by atomic mass is 32.1. The maximum Gasteiger partial charge on any atom is 0.257 e. The second-order valence-electron chi connectivity index (χ2n) is 6.19. The van der Waals surface area contributed by atoms with Gasteiger partial charge in [-0.2, -0.15) is 0 Å². The van der Waals surface area contributed by atoms with Gasteiger partial charge < -0.3 is 0 Å². The van der Waals surface area contributed by atoms with Crippen LogP contribution in [-0.2, 0) is 6.42 Å². The molecule has 1 amide bonds. The van der Waals surface area contributed by atoms with Crippen molar-refractivity contribution in [3.8, 4) is 0 Å². The Labute approximate surface area is 153 Å². The minimum atomic E-state index is -0.399. The molecule has 130 valence electrons. The fraction of sp³-hybridized carbons (Fsp3) is 0.150. The zero-order valence-electron chi connectivity index (χ0n) is 13.7. The van der Waals surface area contributed by atoms with Crippen molar-refractivity contribution in [2.24, 2.45) is 0 Å². The third-order valence-electron chi connectivity index (χ3n) is 4.42. The predicted octanol–water partition coefficient (Wildman–Crippen LogP) is 4.45. The largest absolute Gasteiger partial charge is 0.298 e. The molecule has 3 aromatic rings. The zero-order valence-corrected chi connectivity index (χ0v) is 14.6. The SMILES string of the molecule is O=C(Nc1nc2c(s1)C(=O)C[C@H](c1ccccc1)C2)c1ccc(F)cc1. The number of nitrogens with zero attached hydrogens (tertiary/aromatic N) is 1. The van der Waals surface area contributed by atoms with Crippen LogP contribution in [0.1, 0.15) is 43.6 Å². The maximum absolute atomic E-state index is 13.0. The van der Waals surface area contributed by atoms with Crippen molar-refractivity contribution in [2.45, 2.75) is 18.8 Å². The molecule has 1 N–H and O–H groups in total. The van der Waals surface area contributed by atoms with E-state index in [1.54, 1.807) is 0 Å². The molecule has 4 nitrogen and oxygen atoms in total. The van der Waals surface area contributed by atoms with Gasteiger partial charge in [-0.1, -0.05) is 41.7 Å². The number of hydrogen-bond acceptors (Lipinski definition) is 4. The average molecular weight is 366 g/mol. The molecule has 0 saturated carbocycles. The smallest absolute Gasteiger partial charge is 0.257 e. The molecule has 1 heterocycles. The monoisotopic (exact) mass is 366 g/mol. The first-order chi connectivity index (χ1) is 12.6. The van der Waals surface area contributed by atoms with Crippen molar-refractivity contribution < 1.29 is 14.0 Å². The number of benzene rings is 2. The molecule has 26 heavy (non-hydrogen) atoms. The zero-order chi connectivity index (χ0) is 18.1. The second-order valence-corrected chi connectivity index (χ2v) is 7.19. The molecule has 0 saturated heterocycles. The highest BCUT2D eigenvalue weighted by Crippen LogP contribution is 2.36. The van der Waals surface area contributed by atoms with Crippen molar-refractivity contribution in [3.63, 3.8) is 0 Å². The lowest BCUT2D eigenvalue weighted by atomic mass is 9.85. The van der Waals surface area contributed by atoms with E-state index in [0.29, 0.717) is 28.4 Å². The van der Waals surface area contributed by atoms with Crippen LogP contribution in [0.4, 0.5) is 9.52 Å². The highest BCUT2D eigenvalue weighted by Gasteiger charge is 2.30. The number of amides is 1. The Bertz CT molecular complexity index is 967. The average Bonchev–Trinajstić information content (AvgIpc) is 3.06. The molecule has 0 radical (unpaired) electrons. The number of rotatable bonds is 3. The van der Waals surface area contributed by atoms with Crippen molar-refractivity contribution >= 4 is 28.2 Å². The van der Waals surface area contributed by atoms with Gasteiger partial charge >= 0.3 is 0 Å². The van der Waals surface area contributed by atoms with Crippen molar-refractivity contribution in [3.05, 3.63) is 82.1 Å². The van der Waals surface area contributed by atoms with Gasteiger partial charge in [0.2, 0.25) is 0 Å². The van der Waals surface area contributed by atoms with Crippen LogP contribution in [-0.4, -0.2) is 16.7 Å². The molecule has 1 aliphatic carbocycles. The lowest BCUT2D eigenvalue weighted by molar-refractivity contribution is 0.0967. The highest BCUT2D eigenvalue weighted by molar-refractivity contribution is 7.17. The second kappa shape index (κ2) is 6.80. The molecule has 1 atom stereocenters. The first kappa shape index (κ1) is 16.6. The minimum absolute atomic E-state index is 0.0554. The first-order valence-electron chi connectivity index (χ1n) is 8.25. The third-order valence-corrected chi connectivity index (χ3v) is 5.47. The van der Waals surface area contributed by atoms with Gasteiger partial charge in [0.05, 0.1) is 10.6 Å². The van der Waals surface area contributed by atoms with Crippen LogP contribution in [0, 0.1) is 5.82 Å². The van der Waals surface area contributed by atoms with Gasteiger partial charge in [0.1, 0.15) is 5.82 Å². The number of Topliss-reactive ketones (excluding diaryl/α,β-unsaturated/α-hetero) is 1. The Morgan fingerprint density at radius 3 is 2.54 bits per heavy atom. The van der Waals surface area contributed by atoms with Gasteiger partial charge in [0.25, 0.3) is 5.91 Å². The van der Waals surface area contributed by atoms with E-state index in [-0.39, 0.29) is 17.6 Å². The normalized spacial score (nSPS) is 16.2. The van der Waals surface area contributed by atoms with E-state index in [4.69, 9.17) is 0 Å². The standard InChI is InChI=1S/C20H15FN2O2S/c21-15-8-6-13(7-9-15)19(25)23-20-22-16-10-14(11-17(24)18(16)26-20)12-4-2-1-3-5-12/h1-9,14H,10-11H2,(H,22,23,25)/t14-/m1/s1. The predicted molar refractivity (Wildman–Crippen MR) is 98.3 cm³/mol. The van der Waals surface area contributed by atoms with Gasteiger partial charge in [0.15, 0.2) is 10.9 Å². The summed E-state index contributed by atoms with van der Waals surface area (Å²) in [6.45, 7) is 0. The van der Waals surface area contributed by atoms with Crippen LogP contribution in [0.3, 0.4) is 0 Å². The van der Waals surface area contributed by atoms with Crippen molar-refractivity contribution in [2.75, 3.05) is 5.32 Å². The summed E-state index contributed by atoms with van der Waals surface area (Å²) in [5.74, 6) is -0.606. The van der Waals surface area contributed by atoms with E-state index in [0.717, 1.165) is 11.3 Å². The topological polar surface area (TPSA) is 59.1 Å². The first-order valence-corrected chi connectivity index (χ1v) is 9.06. The summed E-state index contributed by atoms with van der Waals surface area (Å²) >= 11 is 1.20. The summed E-state index contributed by atoms with van der Waals surface area (Å²) in [5.41, 5.74) is 2.19. The fourth-order valence-corrected chi connectivity index (χ4v) is 4.05. The van der Waals surface area contributed by atoms with E-state index < -0.39 is 5.82 Å². The van der Waals surface area contributed by atoms with Gasteiger partial charge in [-0.25, -0.2) is 9.37 Å².